The van der Waals surface area contributed by atoms with Crippen LogP contribution in [0.1, 0.15) is 12.5 Å². The van der Waals surface area contributed by atoms with Crippen molar-refractivity contribution in [3.63, 3.8) is 0 Å². The molecule has 2 aromatic rings. The quantitative estimate of drug-likeness (QED) is 0.817. The lowest BCUT2D eigenvalue weighted by Gasteiger charge is -2.13. The fourth-order valence-corrected chi connectivity index (χ4v) is 1.78. The molecule has 1 aromatic carbocycles. The maximum absolute atomic E-state index is 9.86. The Balaban J connectivity index is 1.79. The Labute approximate surface area is 107 Å². The van der Waals surface area contributed by atoms with Crippen molar-refractivity contribution in [1.29, 1.82) is 0 Å². The molecule has 2 N–H and O–H groups in total. The molecule has 0 spiro atoms. The Bertz CT molecular complexity index is 450. The van der Waals surface area contributed by atoms with E-state index in [1.807, 2.05) is 24.4 Å². The van der Waals surface area contributed by atoms with Crippen LogP contribution < -0.4 is 5.32 Å². The van der Waals surface area contributed by atoms with Crippen LogP contribution in [0, 0.1) is 0 Å². The van der Waals surface area contributed by atoms with Crippen molar-refractivity contribution in [2.24, 2.45) is 0 Å². The van der Waals surface area contributed by atoms with Gasteiger partial charge in [-0.05, 0) is 30.2 Å². The third kappa shape index (κ3) is 3.60. The summed E-state index contributed by atoms with van der Waals surface area (Å²) in [4.78, 5) is 0. The molecule has 0 saturated heterocycles. The van der Waals surface area contributed by atoms with Crippen LogP contribution in [0.4, 0.5) is 5.69 Å². The second-order valence-electron chi connectivity index (χ2n) is 4.31. The summed E-state index contributed by atoms with van der Waals surface area (Å²) in [5, 5.41) is 17.1. The minimum absolute atomic E-state index is 0.448. The van der Waals surface area contributed by atoms with Crippen LogP contribution in [0.2, 0.25) is 0 Å². The molecule has 4 heteroatoms. The molecule has 0 fully saturated rings. The highest BCUT2D eigenvalue weighted by Gasteiger charge is 2.04. The third-order valence-electron chi connectivity index (χ3n) is 2.86. The molecular formula is C14H19N3O. The maximum Gasteiger partial charge on any atom is 0.0907 e. The van der Waals surface area contributed by atoms with E-state index in [1.165, 1.54) is 5.56 Å². The van der Waals surface area contributed by atoms with Crippen molar-refractivity contribution in [2.45, 2.75) is 26.0 Å². The molecule has 96 valence electrons. The van der Waals surface area contributed by atoms with Gasteiger partial charge in [0.15, 0.2) is 0 Å². The van der Waals surface area contributed by atoms with Crippen LogP contribution in [0.15, 0.2) is 42.7 Å². The van der Waals surface area contributed by atoms with E-state index in [4.69, 9.17) is 0 Å². The van der Waals surface area contributed by atoms with E-state index in [2.05, 4.69) is 29.5 Å². The Morgan fingerprint density at radius 2 is 2.11 bits per heavy atom. The van der Waals surface area contributed by atoms with Gasteiger partial charge >= 0.3 is 0 Å². The van der Waals surface area contributed by atoms with Crippen LogP contribution >= 0.6 is 0 Å². The number of aryl methyl sites for hydroxylation is 1. The summed E-state index contributed by atoms with van der Waals surface area (Å²) in [7, 11) is 0. The van der Waals surface area contributed by atoms with Gasteiger partial charge in [0.1, 0.15) is 0 Å². The smallest absolute Gasteiger partial charge is 0.0907 e. The highest BCUT2D eigenvalue weighted by molar-refractivity contribution is 5.44. The third-order valence-corrected chi connectivity index (χ3v) is 2.86. The second-order valence-corrected chi connectivity index (χ2v) is 4.31. The number of nitrogens with one attached hydrogen (secondary N) is 1. The Morgan fingerprint density at radius 3 is 2.72 bits per heavy atom. The molecule has 0 amide bonds. The number of aliphatic hydroxyl groups excluding tert-OH is 1. The van der Waals surface area contributed by atoms with Crippen LogP contribution in [0.3, 0.4) is 0 Å². The lowest BCUT2D eigenvalue weighted by Crippen LogP contribution is -2.25. The zero-order valence-corrected chi connectivity index (χ0v) is 10.6. The Morgan fingerprint density at radius 1 is 1.33 bits per heavy atom. The van der Waals surface area contributed by atoms with Crippen LogP contribution in [0.5, 0.6) is 0 Å². The van der Waals surface area contributed by atoms with Crippen molar-refractivity contribution < 1.29 is 5.11 Å². The van der Waals surface area contributed by atoms with Crippen LogP contribution in [0.25, 0.3) is 0 Å². The molecule has 0 aliphatic rings. The fourth-order valence-electron chi connectivity index (χ4n) is 1.78. The van der Waals surface area contributed by atoms with E-state index in [9.17, 15) is 5.11 Å². The fraction of sp³-hybridized carbons (Fsp3) is 0.357. The van der Waals surface area contributed by atoms with Gasteiger partial charge in [-0.1, -0.05) is 19.1 Å². The topological polar surface area (TPSA) is 50.1 Å². The molecule has 1 heterocycles. The standard InChI is InChI=1S/C14H19N3O/c1-2-12-4-6-13(7-5-12)15-10-14(18)11-17-9-3-8-16-17/h3-9,14-15,18H,2,10-11H2,1H3. The predicted octanol–water partition coefficient (Wildman–Crippen LogP) is 1.92. The van der Waals surface area contributed by atoms with Gasteiger partial charge < -0.3 is 10.4 Å². The number of hydrogen-bond acceptors (Lipinski definition) is 3. The Kier molecular flexibility index (Phi) is 4.36. The number of hydrogen-bond donors (Lipinski definition) is 2. The first-order valence-electron chi connectivity index (χ1n) is 6.26. The second kappa shape index (κ2) is 6.21. The summed E-state index contributed by atoms with van der Waals surface area (Å²) < 4.78 is 1.73. The van der Waals surface area contributed by atoms with E-state index in [-0.39, 0.29) is 0 Å². The van der Waals surface area contributed by atoms with Crippen molar-refractivity contribution >= 4 is 5.69 Å². The van der Waals surface area contributed by atoms with Gasteiger partial charge in [0, 0.05) is 24.6 Å². The van der Waals surface area contributed by atoms with Gasteiger partial charge in [-0.25, -0.2) is 0 Å². The van der Waals surface area contributed by atoms with Crippen molar-refractivity contribution in [2.75, 3.05) is 11.9 Å². The molecule has 0 bridgehead atoms. The molecule has 0 saturated carbocycles. The lowest BCUT2D eigenvalue weighted by molar-refractivity contribution is 0.161. The molecule has 1 atom stereocenters. The number of aliphatic hydroxyl groups is 1. The average Bonchev–Trinajstić information content (AvgIpc) is 2.90. The predicted molar refractivity (Wildman–Crippen MR) is 72.5 cm³/mol. The first kappa shape index (κ1) is 12.6. The largest absolute Gasteiger partial charge is 0.389 e. The zero-order valence-electron chi connectivity index (χ0n) is 10.6. The van der Waals surface area contributed by atoms with E-state index < -0.39 is 6.10 Å². The van der Waals surface area contributed by atoms with Gasteiger partial charge in [0.25, 0.3) is 0 Å². The summed E-state index contributed by atoms with van der Waals surface area (Å²) >= 11 is 0. The summed E-state index contributed by atoms with van der Waals surface area (Å²) in [6, 6.07) is 10.1. The molecule has 4 nitrogen and oxygen atoms in total. The molecule has 18 heavy (non-hydrogen) atoms. The molecule has 1 unspecified atom stereocenters. The van der Waals surface area contributed by atoms with E-state index in [0.717, 1.165) is 12.1 Å². The van der Waals surface area contributed by atoms with Crippen molar-refractivity contribution in [1.82, 2.24) is 9.78 Å². The minimum atomic E-state index is -0.448. The molecule has 0 aliphatic heterocycles. The molecule has 1 aromatic heterocycles. The number of nitrogens with zero attached hydrogens (tertiary/aromatic N) is 2. The number of aromatic nitrogens is 2. The molecule has 2 rings (SSSR count). The van der Waals surface area contributed by atoms with Gasteiger partial charge in [-0.2, -0.15) is 5.10 Å². The summed E-state index contributed by atoms with van der Waals surface area (Å²) in [5.41, 5.74) is 2.35. The van der Waals surface area contributed by atoms with Crippen molar-refractivity contribution in [3.05, 3.63) is 48.3 Å². The summed E-state index contributed by atoms with van der Waals surface area (Å²) in [6.07, 6.45) is 4.15. The average molecular weight is 245 g/mol. The van der Waals surface area contributed by atoms with E-state index >= 15 is 0 Å². The summed E-state index contributed by atoms with van der Waals surface area (Å²) in [5.74, 6) is 0. The van der Waals surface area contributed by atoms with Gasteiger partial charge in [-0.15, -0.1) is 0 Å². The first-order chi connectivity index (χ1) is 8.78. The SMILES string of the molecule is CCc1ccc(NCC(O)Cn2cccn2)cc1. The Hall–Kier alpha value is -1.81. The van der Waals surface area contributed by atoms with Crippen molar-refractivity contribution in [3.8, 4) is 0 Å². The minimum Gasteiger partial charge on any atom is -0.389 e. The lowest BCUT2D eigenvalue weighted by atomic mass is 10.1. The van der Waals surface area contributed by atoms with Crippen LogP contribution in [-0.4, -0.2) is 27.5 Å². The number of benzene rings is 1. The highest BCUT2D eigenvalue weighted by atomic mass is 16.3. The number of anilines is 1. The highest BCUT2D eigenvalue weighted by Crippen LogP contribution is 2.09. The normalized spacial score (nSPS) is 12.3. The van der Waals surface area contributed by atoms with E-state index in [1.54, 1.807) is 10.9 Å². The molecule has 0 radical (unpaired) electrons. The monoisotopic (exact) mass is 245 g/mol. The first-order valence-corrected chi connectivity index (χ1v) is 6.26. The zero-order chi connectivity index (χ0) is 12.8. The van der Waals surface area contributed by atoms with Gasteiger partial charge in [0.2, 0.25) is 0 Å². The molecular weight excluding hydrogens is 226 g/mol. The van der Waals surface area contributed by atoms with Gasteiger partial charge in [0.05, 0.1) is 12.6 Å². The van der Waals surface area contributed by atoms with Crippen LogP contribution in [-0.2, 0) is 13.0 Å². The van der Waals surface area contributed by atoms with E-state index in [0.29, 0.717) is 13.1 Å². The maximum atomic E-state index is 9.86. The van der Waals surface area contributed by atoms with Gasteiger partial charge in [-0.3, -0.25) is 4.68 Å². The number of rotatable bonds is 6. The summed E-state index contributed by atoms with van der Waals surface area (Å²) in [6.45, 7) is 3.16. The molecule has 0 aliphatic carbocycles.